The molecule has 0 aliphatic heterocycles. The van der Waals surface area contributed by atoms with E-state index in [9.17, 15) is 4.79 Å². The maximum atomic E-state index is 11.5. The number of carboxylic acid groups (broad SMARTS) is 2. The van der Waals surface area contributed by atoms with Gasteiger partial charge in [0.25, 0.3) is 0 Å². The molecule has 0 aliphatic rings. The molecule has 0 bridgehead atoms. The first-order chi connectivity index (χ1) is 15.5. The van der Waals surface area contributed by atoms with Crippen LogP contribution in [0, 0.1) is 0 Å². The summed E-state index contributed by atoms with van der Waals surface area (Å²) in [4.78, 5) is 20.1. The third-order valence-electron chi connectivity index (χ3n) is 5.44. The average molecular weight is 461 g/mol. The third-order valence-corrected chi connectivity index (χ3v) is 5.44. The van der Waals surface area contributed by atoms with E-state index in [2.05, 4.69) is 13.8 Å². The van der Waals surface area contributed by atoms with Crippen molar-refractivity contribution in [2.75, 3.05) is 13.2 Å². The molecular formula is C26H52O6. The predicted octanol–water partition coefficient (Wildman–Crippen LogP) is 9.20. The lowest BCUT2D eigenvalue weighted by molar-refractivity contribution is 0.0528. The number of unbranched alkanes of at least 4 members (excludes halogenated alkanes) is 18. The van der Waals surface area contributed by atoms with Crippen LogP contribution in [0.2, 0.25) is 0 Å². The Balaban J connectivity index is 0. The summed E-state index contributed by atoms with van der Waals surface area (Å²) in [5.74, 6) is 0. The Morgan fingerprint density at radius 1 is 0.469 bits per heavy atom. The van der Waals surface area contributed by atoms with E-state index in [1.54, 1.807) is 0 Å². The van der Waals surface area contributed by atoms with Crippen LogP contribution >= 0.6 is 0 Å². The van der Waals surface area contributed by atoms with Crippen LogP contribution in [0.15, 0.2) is 0 Å². The summed E-state index contributed by atoms with van der Waals surface area (Å²) in [7, 11) is 0. The van der Waals surface area contributed by atoms with Crippen LogP contribution in [0.25, 0.3) is 0 Å². The summed E-state index contributed by atoms with van der Waals surface area (Å²) >= 11 is 0. The number of hydrogen-bond acceptors (Lipinski definition) is 4. The molecular weight excluding hydrogens is 408 g/mol. The second-order valence-electron chi connectivity index (χ2n) is 8.59. The van der Waals surface area contributed by atoms with Gasteiger partial charge < -0.3 is 19.7 Å². The lowest BCUT2D eigenvalue weighted by Gasteiger charge is -2.06. The molecule has 2 N–H and O–H groups in total. The van der Waals surface area contributed by atoms with Gasteiger partial charge in [-0.1, -0.05) is 129 Å². The van der Waals surface area contributed by atoms with Gasteiger partial charge in [-0.2, -0.15) is 0 Å². The van der Waals surface area contributed by atoms with Crippen LogP contribution in [-0.2, 0) is 9.47 Å². The molecule has 0 unspecified atom stereocenters. The molecule has 32 heavy (non-hydrogen) atoms. The van der Waals surface area contributed by atoms with E-state index in [1.165, 1.54) is 103 Å². The van der Waals surface area contributed by atoms with E-state index >= 15 is 0 Å². The van der Waals surface area contributed by atoms with Crippen LogP contribution in [-0.4, -0.2) is 35.7 Å². The van der Waals surface area contributed by atoms with Gasteiger partial charge in [0.1, 0.15) is 0 Å². The molecule has 6 heteroatoms. The molecule has 0 radical (unpaired) electrons. The van der Waals surface area contributed by atoms with Crippen LogP contribution in [0.1, 0.15) is 142 Å². The molecule has 0 aromatic rings. The first kappa shape index (κ1) is 32.7. The van der Waals surface area contributed by atoms with Crippen molar-refractivity contribution in [3.8, 4) is 0 Å². The van der Waals surface area contributed by atoms with Gasteiger partial charge in [0.15, 0.2) is 0 Å². The lowest BCUT2D eigenvalue weighted by atomic mass is 10.1. The van der Waals surface area contributed by atoms with Crippen molar-refractivity contribution in [3.05, 3.63) is 0 Å². The maximum absolute atomic E-state index is 11.5. The molecule has 0 saturated heterocycles. The Labute approximate surface area is 197 Å². The topological polar surface area (TPSA) is 93.1 Å². The largest absolute Gasteiger partial charge is 0.508 e. The quantitative estimate of drug-likeness (QED) is 0.123. The van der Waals surface area contributed by atoms with Crippen LogP contribution in [0.3, 0.4) is 0 Å². The number of hydrogen-bond donors (Lipinski definition) is 2. The SMILES string of the molecule is CCCCCCCCCCCCOC(=O)OCCCCCCCCCCCC.O=C(O)O. The smallest absolute Gasteiger partial charge is 0.450 e. The Morgan fingerprint density at radius 3 is 0.938 bits per heavy atom. The second-order valence-corrected chi connectivity index (χ2v) is 8.59. The molecule has 0 aliphatic carbocycles. The molecule has 0 spiro atoms. The van der Waals surface area contributed by atoms with Gasteiger partial charge in [-0.3, -0.25) is 0 Å². The van der Waals surface area contributed by atoms with Gasteiger partial charge in [0, 0.05) is 0 Å². The normalized spacial score (nSPS) is 10.3. The highest BCUT2D eigenvalue weighted by molar-refractivity contribution is 5.59. The number of rotatable bonds is 22. The van der Waals surface area contributed by atoms with E-state index in [4.69, 9.17) is 24.5 Å². The Hall–Kier alpha value is -1.46. The fourth-order valence-electron chi connectivity index (χ4n) is 3.53. The summed E-state index contributed by atoms with van der Waals surface area (Å²) < 4.78 is 10.3. The standard InChI is InChI=1S/C25H50O3.CH2O3/c1-3-5-7-9-11-13-15-17-19-21-23-27-25(26)28-24-22-20-18-16-14-12-10-8-6-4-2;2-1(3)4/h3-24H2,1-2H3;(H2,2,3,4). The van der Waals surface area contributed by atoms with Gasteiger partial charge in [0.05, 0.1) is 13.2 Å². The number of carbonyl (C=O) groups excluding carboxylic acids is 1. The first-order valence-corrected chi connectivity index (χ1v) is 13.3. The van der Waals surface area contributed by atoms with Crippen molar-refractivity contribution < 1.29 is 29.3 Å². The monoisotopic (exact) mass is 460 g/mol. The summed E-state index contributed by atoms with van der Waals surface area (Å²) in [5, 5.41) is 13.9. The molecule has 192 valence electrons. The Morgan fingerprint density at radius 2 is 0.688 bits per heavy atom. The minimum Gasteiger partial charge on any atom is -0.450 e. The van der Waals surface area contributed by atoms with E-state index < -0.39 is 12.3 Å². The van der Waals surface area contributed by atoms with Crippen LogP contribution < -0.4 is 0 Å². The molecule has 0 amide bonds. The van der Waals surface area contributed by atoms with Crippen molar-refractivity contribution in [1.82, 2.24) is 0 Å². The highest BCUT2D eigenvalue weighted by atomic mass is 16.7. The summed E-state index contributed by atoms with van der Waals surface area (Å²) in [6.45, 7) is 5.53. The van der Waals surface area contributed by atoms with Gasteiger partial charge in [-0.05, 0) is 12.8 Å². The van der Waals surface area contributed by atoms with Gasteiger partial charge in [0.2, 0.25) is 0 Å². The van der Waals surface area contributed by atoms with E-state index in [1.807, 2.05) is 0 Å². The number of carbonyl (C=O) groups is 2. The van der Waals surface area contributed by atoms with E-state index in [0.29, 0.717) is 13.2 Å². The number of ether oxygens (including phenoxy) is 2. The molecule has 0 saturated carbocycles. The average Bonchev–Trinajstić information content (AvgIpc) is 2.75. The van der Waals surface area contributed by atoms with Crippen LogP contribution in [0.5, 0.6) is 0 Å². The maximum Gasteiger partial charge on any atom is 0.508 e. The summed E-state index contributed by atoms with van der Waals surface area (Å²) in [6, 6.07) is 0. The van der Waals surface area contributed by atoms with Crippen molar-refractivity contribution in [1.29, 1.82) is 0 Å². The minimum atomic E-state index is -1.83. The highest BCUT2D eigenvalue weighted by Gasteiger charge is 2.03. The summed E-state index contributed by atoms with van der Waals surface area (Å²) in [6.07, 6.45) is 23.5. The summed E-state index contributed by atoms with van der Waals surface area (Å²) in [5.41, 5.74) is 0. The highest BCUT2D eigenvalue weighted by Crippen LogP contribution is 2.11. The third kappa shape index (κ3) is 35.9. The lowest BCUT2D eigenvalue weighted by Crippen LogP contribution is -2.09. The molecule has 6 nitrogen and oxygen atoms in total. The second kappa shape index (κ2) is 29.5. The van der Waals surface area contributed by atoms with Crippen molar-refractivity contribution in [2.45, 2.75) is 142 Å². The van der Waals surface area contributed by atoms with E-state index in [0.717, 1.165) is 25.7 Å². The zero-order chi connectivity index (χ0) is 24.1. The van der Waals surface area contributed by atoms with Crippen LogP contribution in [0.4, 0.5) is 9.59 Å². The molecule has 0 heterocycles. The fourth-order valence-corrected chi connectivity index (χ4v) is 3.53. The minimum absolute atomic E-state index is 0.480. The van der Waals surface area contributed by atoms with Gasteiger partial charge in [-0.25, -0.2) is 9.59 Å². The Kier molecular flexibility index (Phi) is 30.2. The van der Waals surface area contributed by atoms with Crippen molar-refractivity contribution in [2.24, 2.45) is 0 Å². The van der Waals surface area contributed by atoms with Crippen molar-refractivity contribution >= 4 is 12.3 Å². The van der Waals surface area contributed by atoms with Gasteiger partial charge in [-0.15, -0.1) is 0 Å². The zero-order valence-corrected chi connectivity index (χ0v) is 21.1. The molecule has 0 atom stereocenters. The van der Waals surface area contributed by atoms with Gasteiger partial charge >= 0.3 is 12.3 Å². The molecule has 0 aromatic carbocycles. The fraction of sp³-hybridized carbons (Fsp3) is 0.923. The molecule has 0 aromatic heterocycles. The predicted molar refractivity (Wildman–Crippen MR) is 132 cm³/mol. The molecule has 0 fully saturated rings. The Bertz CT molecular complexity index is 355. The molecule has 0 rings (SSSR count). The van der Waals surface area contributed by atoms with Crippen molar-refractivity contribution in [3.63, 3.8) is 0 Å². The zero-order valence-electron chi connectivity index (χ0n) is 21.1. The van der Waals surface area contributed by atoms with E-state index in [-0.39, 0.29) is 0 Å². The first-order valence-electron chi connectivity index (χ1n) is 13.3.